The van der Waals surface area contributed by atoms with E-state index in [1.807, 2.05) is 18.2 Å². The molecule has 0 bridgehead atoms. The molecule has 1 N–H and O–H groups in total. The summed E-state index contributed by atoms with van der Waals surface area (Å²) in [7, 11) is 0. The van der Waals surface area contributed by atoms with Crippen LogP contribution in [-0.2, 0) is 0 Å². The fourth-order valence-electron chi connectivity index (χ4n) is 0.822. The second-order valence-electron chi connectivity index (χ2n) is 2.27. The second kappa shape index (κ2) is 4.53. The highest BCUT2D eigenvalue weighted by Crippen LogP contribution is 2.29. The number of nitrogens with one attached hydrogen (secondary N) is 1. The molecule has 1 nitrogen and oxygen atoms in total. The first-order valence-corrected chi connectivity index (χ1v) is 4.71. The average molecular weight is 247 g/mol. The molecule has 0 radical (unpaired) electrons. The minimum Gasteiger partial charge on any atom is -0.381 e. The quantitative estimate of drug-likeness (QED) is 0.802. The van der Waals surface area contributed by atoms with Gasteiger partial charge < -0.3 is 5.32 Å². The van der Waals surface area contributed by atoms with Crippen LogP contribution in [0.1, 0.15) is 0 Å². The highest BCUT2D eigenvalue weighted by atomic mass is 79.9. The number of rotatable bonds is 3. The highest BCUT2D eigenvalue weighted by Gasteiger charge is 2.00. The number of halogens is 2. The third-order valence-corrected chi connectivity index (χ3v) is 2.79. The van der Waals surface area contributed by atoms with Gasteiger partial charge in [0.2, 0.25) is 0 Å². The molecule has 0 aliphatic rings. The summed E-state index contributed by atoms with van der Waals surface area (Å²) in [6, 6.07) is 5.70. The lowest BCUT2D eigenvalue weighted by Crippen LogP contribution is -1.98. The van der Waals surface area contributed by atoms with Crippen molar-refractivity contribution in [3.05, 3.63) is 40.3 Å². The zero-order valence-corrected chi connectivity index (χ0v) is 8.82. The van der Waals surface area contributed by atoms with Gasteiger partial charge in [0.25, 0.3) is 0 Å². The minimum absolute atomic E-state index is 0.712. The van der Waals surface area contributed by atoms with Gasteiger partial charge in [-0.2, -0.15) is 0 Å². The molecule has 1 aromatic carbocycles. The van der Waals surface area contributed by atoms with E-state index in [-0.39, 0.29) is 0 Å². The molecule has 64 valence electrons. The summed E-state index contributed by atoms with van der Waals surface area (Å²) in [6.07, 6.45) is 1.80. The lowest BCUT2D eigenvalue weighted by Gasteiger charge is -2.06. The van der Waals surface area contributed by atoms with E-state index in [2.05, 4.69) is 27.8 Å². The van der Waals surface area contributed by atoms with Gasteiger partial charge in [0.1, 0.15) is 0 Å². The van der Waals surface area contributed by atoms with Gasteiger partial charge in [0, 0.05) is 6.54 Å². The Labute approximate surface area is 85.6 Å². The smallest absolute Gasteiger partial charge is 0.0593 e. The molecule has 0 aromatic heterocycles. The number of hydrogen-bond acceptors (Lipinski definition) is 1. The Morgan fingerprint density at radius 3 is 3.00 bits per heavy atom. The van der Waals surface area contributed by atoms with Crippen LogP contribution in [-0.4, -0.2) is 6.54 Å². The van der Waals surface area contributed by atoms with Gasteiger partial charge >= 0.3 is 0 Å². The van der Waals surface area contributed by atoms with Crippen LogP contribution in [0.2, 0.25) is 5.02 Å². The summed E-state index contributed by atoms with van der Waals surface area (Å²) in [4.78, 5) is 0. The molecular formula is C9H9BrClN. The lowest BCUT2D eigenvalue weighted by molar-refractivity contribution is 1.33. The third kappa shape index (κ3) is 2.26. The van der Waals surface area contributed by atoms with Crippen molar-refractivity contribution in [1.29, 1.82) is 0 Å². The van der Waals surface area contributed by atoms with Gasteiger partial charge in [-0.15, -0.1) is 6.58 Å². The topological polar surface area (TPSA) is 12.0 Å². The summed E-state index contributed by atoms with van der Waals surface area (Å²) in [5, 5.41) is 3.87. The van der Waals surface area contributed by atoms with Crippen LogP contribution >= 0.6 is 27.5 Å². The first-order valence-electron chi connectivity index (χ1n) is 3.54. The van der Waals surface area contributed by atoms with Crippen LogP contribution in [0.4, 0.5) is 5.69 Å². The Balaban J connectivity index is 2.84. The first kappa shape index (κ1) is 9.62. The Bertz CT molecular complexity index is 286. The molecular weight excluding hydrogens is 237 g/mol. The molecule has 0 atom stereocenters. The second-order valence-corrected chi connectivity index (χ2v) is 3.47. The van der Waals surface area contributed by atoms with Crippen molar-refractivity contribution in [2.75, 3.05) is 11.9 Å². The van der Waals surface area contributed by atoms with Crippen molar-refractivity contribution in [3.8, 4) is 0 Å². The van der Waals surface area contributed by atoms with Crippen LogP contribution in [0.5, 0.6) is 0 Å². The fourth-order valence-corrected chi connectivity index (χ4v) is 1.40. The van der Waals surface area contributed by atoms with Crippen molar-refractivity contribution in [2.24, 2.45) is 0 Å². The molecule has 0 spiro atoms. The van der Waals surface area contributed by atoms with Gasteiger partial charge in [-0.3, -0.25) is 0 Å². The molecule has 1 rings (SSSR count). The molecule has 0 saturated heterocycles. The Kier molecular flexibility index (Phi) is 3.63. The number of benzene rings is 1. The van der Waals surface area contributed by atoms with Gasteiger partial charge in [-0.25, -0.2) is 0 Å². The zero-order chi connectivity index (χ0) is 8.97. The summed E-state index contributed by atoms with van der Waals surface area (Å²) in [6.45, 7) is 4.35. The summed E-state index contributed by atoms with van der Waals surface area (Å²) in [5.74, 6) is 0. The molecule has 0 aliphatic heterocycles. The van der Waals surface area contributed by atoms with Crippen molar-refractivity contribution in [2.45, 2.75) is 0 Å². The van der Waals surface area contributed by atoms with Crippen molar-refractivity contribution >= 4 is 33.2 Å². The Morgan fingerprint density at radius 2 is 2.33 bits per heavy atom. The molecule has 12 heavy (non-hydrogen) atoms. The van der Waals surface area contributed by atoms with Crippen LogP contribution in [0, 0.1) is 0 Å². The van der Waals surface area contributed by atoms with Crippen molar-refractivity contribution in [3.63, 3.8) is 0 Å². The monoisotopic (exact) mass is 245 g/mol. The van der Waals surface area contributed by atoms with Gasteiger partial charge in [-0.1, -0.05) is 23.7 Å². The molecule has 0 saturated carbocycles. The van der Waals surface area contributed by atoms with E-state index in [4.69, 9.17) is 11.6 Å². The van der Waals surface area contributed by atoms with Crippen LogP contribution < -0.4 is 5.32 Å². The lowest BCUT2D eigenvalue weighted by atomic mass is 10.3. The molecule has 0 amide bonds. The summed E-state index contributed by atoms with van der Waals surface area (Å²) in [5.41, 5.74) is 0.988. The highest BCUT2D eigenvalue weighted by molar-refractivity contribution is 9.10. The summed E-state index contributed by atoms with van der Waals surface area (Å²) >= 11 is 9.26. The first-order chi connectivity index (χ1) is 5.75. The maximum Gasteiger partial charge on any atom is 0.0593 e. The molecule has 0 aliphatic carbocycles. The standard InChI is InChI=1S/C9H9BrClN/c1-2-6-12-8-5-3-4-7(11)9(8)10/h2-5,12H,1,6H2. The molecule has 3 heteroatoms. The van der Waals surface area contributed by atoms with Crippen LogP contribution in [0.25, 0.3) is 0 Å². The van der Waals surface area contributed by atoms with E-state index in [1.165, 1.54) is 0 Å². The normalized spacial score (nSPS) is 9.50. The SMILES string of the molecule is C=CCNc1cccc(Cl)c1Br. The molecule has 1 aromatic rings. The largest absolute Gasteiger partial charge is 0.381 e. The predicted octanol–water partition coefficient (Wildman–Crippen LogP) is 3.70. The molecule has 0 unspecified atom stereocenters. The molecule has 0 fully saturated rings. The van der Waals surface area contributed by atoms with Gasteiger partial charge in [0.05, 0.1) is 15.2 Å². The van der Waals surface area contributed by atoms with E-state index >= 15 is 0 Å². The van der Waals surface area contributed by atoms with Crippen molar-refractivity contribution in [1.82, 2.24) is 0 Å². The number of hydrogen-bond donors (Lipinski definition) is 1. The van der Waals surface area contributed by atoms with E-state index in [0.717, 1.165) is 16.7 Å². The van der Waals surface area contributed by atoms with Crippen LogP contribution in [0.15, 0.2) is 35.3 Å². The van der Waals surface area contributed by atoms with E-state index < -0.39 is 0 Å². The average Bonchev–Trinajstić information content (AvgIpc) is 2.08. The minimum atomic E-state index is 0.712. The Hall–Kier alpha value is -0.470. The van der Waals surface area contributed by atoms with E-state index in [1.54, 1.807) is 6.08 Å². The summed E-state index contributed by atoms with van der Waals surface area (Å²) < 4.78 is 0.897. The van der Waals surface area contributed by atoms with Crippen LogP contribution in [0.3, 0.4) is 0 Å². The Morgan fingerprint density at radius 1 is 1.58 bits per heavy atom. The maximum absolute atomic E-state index is 5.88. The van der Waals surface area contributed by atoms with E-state index in [9.17, 15) is 0 Å². The third-order valence-electron chi connectivity index (χ3n) is 1.39. The van der Waals surface area contributed by atoms with Crippen molar-refractivity contribution < 1.29 is 0 Å². The van der Waals surface area contributed by atoms with Gasteiger partial charge in [0.15, 0.2) is 0 Å². The maximum atomic E-state index is 5.88. The van der Waals surface area contributed by atoms with E-state index in [0.29, 0.717) is 5.02 Å². The van der Waals surface area contributed by atoms with Gasteiger partial charge in [-0.05, 0) is 28.1 Å². The number of anilines is 1. The fraction of sp³-hybridized carbons (Fsp3) is 0.111. The predicted molar refractivity (Wildman–Crippen MR) is 57.8 cm³/mol. The zero-order valence-electron chi connectivity index (χ0n) is 6.48. The molecule has 0 heterocycles.